The molecule has 0 aliphatic carbocycles. The van der Waals surface area contributed by atoms with Crippen molar-refractivity contribution >= 4 is 17.6 Å². The summed E-state index contributed by atoms with van der Waals surface area (Å²) in [5.41, 5.74) is 2.93. The van der Waals surface area contributed by atoms with Crippen molar-refractivity contribution in [1.29, 1.82) is 0 Å². The van der Waals surface area contributed by atoms with E-state index in [9.17, 15) is 9.59 Å². The molecule has 28 heavy (non-hydrogen) atoms. The van der Waals surface area contributed by atoms with Crippen LogP contribution in [-0.4, -0.2) is 61.6 Å². The number of benzene rings is 1. The number of carbonyl (C=O) groups is 2. The molecule has 0 fully saturated rings. The summed E-state index contributed by atoms with van der Waals surface area (Å²) in [7, 11) is 6.55. The summed E-state index contributed by atoms with van der Waals surface area (Å²) in [5, 5.41) is 2.88. The first-order valence-corrected chi connectivity index (χ1v) is 8.90. The van der Waals surface area contributed by atoms with Crippen LogP contribution in [0.4, 0.5) is 10.5 Å². The first-order chi connectivity index (χ1) is 13.4. The fourth-order valence-corrected chi connectivity index (χ4v) is 3.25. The summed E-state index contributed by atoms with van der Waals surface area (Å²) in [4.78, 5) is 32.6. The molecule has 0 unspecified atom stereocenters. The molecule has 2 heterocycles. The van der Waals surface area contributed by atoms with Crippen LogP contribution in [0.1, 0.15) is 21.5 Å². The van der Waals surface area contributed by atoms with E-state index >= 15 is 0 Å². The van der Waals surface area contributed by atoms with E-state index in [1.165, 1.54) is 0 Å². The van der Waals surface area contributed by atoms with E-state index in [2.05, 4.69) is 10.3 Å². The van der Waals surface area contributed by atoms with E-state index in [4.69, 9.17) is 9.47 Å². The van der Waals surface area contributed by atoms with E-state index in [0.29, 0.717) is 42.3 Å². The SMILES string of the molecule is COc1ccc(NC(=O)c2cncc3c2CCN(C(=O)N(C)C)C3)cc1OC. The molecule has 8 nitrogen and oxygen atoms in total. The third kappa shape index (κ3) is 3.85. The first-order valence-electron chi connectivity index (χ1n) is 8.90. The van der Waals surface area contributed by atoms with Gasteiger partial charge >= 0.3 is 6.03 Å². The van der Waals surface area contributed by atoms with Crippen LogP contribution in [-0.2, 0) is 13.0 Å². The highest BCUT2D eigenvalue weighted by atomic mass is 16.5. The van der Waals surface area contributed by atoms with Gasteiger partial charge < -0.3 is 24.6 Å². The lowest BCUT2D eigenvalue weighted by Crippen LogP contribution is -2.42. The van der Waals surface area contributed by atoms with Crippen molar-refractivity contribution in [3.05, 3.63) is 47.3 Å². The van der Waals surface area contributed by atoms with Crippen LogP contribution < -0.4 is 14.8 Å². The number of hydrogen-bond acceptors (Lipinski definition) is 5. The van der Waals surface area contributed by atoms with Gasteiger partial charge in [-0.2, -0.15) is 0 Å². The zero-order valence-electron chi connectivity index (χ0n) is 16.5. The highest BCUT2D eigenvalue weighted by Crippen LogP contribution is 2.30. The number of nitrogens with zero attached hydrogens (tertiary/aromatic N) is 3. The lowest BCUT2D eigenvalue weighted by atomic mass is 9.97. The van der Waals surface area contributed by atoms with Crippen LogP contribution >= 0.6 is 0 Å². The number of nitrogens with one attached hydrogen (secondary N) is 1. The van der Waals surface area contributed by atoms with Crippen molar-refractivity contribution in [2.75, 3.05) is 40.2 Å². The third-order valence-corrected chi connectivity index (χ3v) is 4.68. The molecule has 0 saturated heterocycles. The predicted molar refractivity (Wildman–Crippen MR) is 105 cm³/mol. The van der Waals surface area contributed by atoms with Gasteiger partial charge in [-0.25, -0.2) is 4.79 Å². The highest BCUT2D eigenvalue weighted by molar-refractivity contribution is 6.05. The van der Waals surface area contributed by atoms with Crippen LogP contribution in [0.3, 0.4) is 0 Å². The van der Waals surface area contributed by atoms with E-state index < -0.39 is 0 Å². The van der Waals surface area contributed by atoms with Crippen molar-refractivity contribution in [3.8, 4) is 11.5 Å². The van der Waals surface area contributed by atoms with Gasteiger partial charge in [0.05, 0.1) is 19.8 Å². The molecule has 148 valence electrons. The molecule has 0 spiro atoms. The first kappa shape index (κ1) is 19.5. The number of aromatic nitrogens is 1. The van der Waals surface area contributed by atoms with Gasteiger partial charge in [0.2, 0.25) is 0 Å². The molecular formula is C20H24N4O4. The van der Waals surface area contributed by atoms with Gasteiger partial charge in [0.15, 0.2) is 11.5 Å². The Morgan fingerprint density at radius 3 is 2.57 bits per heavy atom. The average molecular weight is 384 g/mol. The van der Waals surface area contributed by atoms with Crippen molar-refractivity contribution < 1.29 is 19.1 Å². The zero-order chi connectivity index (χ0) is 20.3. The maximum Gasteiger partial charge on any atom is 0.319 e. The summed E-state index contributed by atoms with van der Waals surface area (Å²) in [6.45, 7) is 1.00. The van der Waals surface area contributed by atoms with Gasteiger partial charge in [0, 0.05) is 51.3 Å². The Balaban J connectivity index is 1.81. The number of rotatable bonds is 4. The molecule has 0 bridgehead atoms. The number of methoxy groups -OCH3 is 2. The number of anilines is 1. The number of ether oxygens (including phenoxy) is 2. The molecule has 3 rings (SSSR count). The Hall–Kier alpha value is -3.29. The fraction of sp³-hybridized carbons (Fsp3) is 0.350. The average Bonchev–Trinajstić information content (AvgIpc) is 2.71. The van der Waals surface area contributed by atoms with Gasteiger partial charge in [-0.05, 0) is 29.7 Å². The highest BCUT2D eigenvalue weighted by Gasteiger charge is 2.25. The van der Waals surface area contributed by atoms with Crippen LogP contribution in [0.25, 0.3) is 0 Å². The van der Waals surface area contributed by atoms with Crippen LogP contribution in [0.15, 0.2) is 30.6 Å². The summed E-state index contributed by atoms with van der Waals surface area (Å²) in [6, 6.07) is 5.14. The molecular weight excluding hydrogens is 360 g/mol. The minimum absolute atomic E-state index is 0.0502. The van der Waals surface area contributed by atoms with Crippen molar-refractivity contribution in [2.45, 2.75) is 13.0 Å². The van der Waals surface area contributed by atoms with Gasteiger partial charge in [0.1, 0.15) is 0 Å². The Morgan fingerprint density at radius 2 is 1.89 bits per heavy atom. The number of amides is 3. The largest absolute Gasteiger partial charge is 0.493 e. The lowest BCUT2D eigenvalue weighted by Gasteiger charge is -2.31. The van der Waals surface area contributed by atoms with Crippen LogP contribution in [0, 0.1) is 0 Å². The molecule has 0 atom stereocenters. The van der Waals surface area contributed by atoms with Gasteiger partial charge in [-0.15, -0.1) is 0 Å². The maximum absolute atomic E-state index is 12.9. The maximum atomic E-state index is 12.9. The molecule has 0 saturated carbocycles. The minimum Gasteiger partial charge on any atom is -0.493 e. The van der Waals surface area contributed by atoms with E-state index in [1.54, 1.807) is 68.7 Å². The fourth-order valence-electron chi connectivity index (χ4n) is 3.25. The van der Waals surface area contributed by atoms with Gasteiger partial charge in [-0.3, -0.25) is 9.78 Å². The van der Waals surface area contributed by atoms with E-state index in [-0.39, 0.29) is 11.9 Å². The Labute approximate surface area is 164 Å². The molecule has 1 N–H and O–H groups in total. The van der Waals surface area contributed by atoms with Crippen LogP contribution in [0.2, 0.25) is 0 Å². The van der Waals surface area contributed by atoms with Crippen molar-refractivity contribution in [1.82, 2.24) is 14.8 Å². The molecule has 1 aromatic carbocycles. The second-order valence-corrected chi connectivity index (χ2v) is 6.70. The summed E-state index contributed by atoms with van der Waals surface area (Å²) in [5.74, 6) is 0.875. The minimum atomic E-state index is -0.246. The number of fused-ring (bicyclic) bond motifs is 1. The monoisotopic (exact) mass is 384 g/mol. The van der Waals surface area contributed by atoms with Crippen molar-refractivity contribution in [3.63, 3.8) is 0 Å². The normalized spacial score (nSPS) is 12.8. The summed E-state index contributed by atoms with van der Waals surface area (Å²) in [6.07, 6.45) is 3.89. The molecule has 1 aliphatic heterocycles. The van der Waals surface area contributed by atoms with E-state index in [0.717, 1.165) is 11.1 Å². The molecule has 3 amide bonds. The predicted octanol–water partition coefficient (Wildman–Crippen LogP) is 2.39. The smallest absolute Gasteiger partial charge is 0.319 e. The van der Waals surface area contributed by atoms with Crippen molar-refractivity contribution in [2.24, 2.45) is 0 Å². The molecule has 1 aromatic heterocycles. The van der Waals surface area contributed by atoms with Gasteiger partial charge in [0.25, 0.3) is 5.91 Å². The molecule has 0 radical (unpaired) electrons. The molecule has 8 heteroatoms. The Kier molecular flexibility index (Phi) is 5.67. The molecule has 2 aromatic rings. The second kappa shape index (κ2) is 8.16. The summed E-state index contributed by atoms with van der Waals surface area (Å²) < 4.78 is 10.5. The Morgan fingerprint density at radius 1 is 1.14 bits per heavy atom. The molecule has 1 aliphatic rings. The zero-order valence-corrected chi connectivity index (χ0v) is 16.5. The number of pyridine rings is 1. The number of hydrogen-bond donors (Lipinski definition) is 1. The standard InChI is InChI=1S/C20H24N4O4/c1-23(2)20(26)24-8-7-15-13(12-24)10-21-11-16(15)19(25)22-14-5-6-17(27-3)18(9-14)28-4/h5-6,9-11H,7-8,12H2,1-4H3,(H,22,25). The lowest BCUT2D eigenvalue weighted by molar-refractivity contribution is 0.102. The van der Waals surface area contributed by atoms with E-state index in [1.807, 2.05) is 0 Å². The quantitative estimate of drug-likeness (QED) is 0.875. The second-order valence-electron chi connectivity index (χ2n) is 6.70. The number of urea groups is 1. The van der Waals surface area contributed by atoms with Gasteiger partial charge in [-0.1, -0.05) is 0 Å². The van der Waals surface area contributed by atoms with Crippen LogP contribution in [0.5, 0.6) is 11.5 Å². The Bertz CT molecular complexity index is 898. The number of carbonyl (C=O) groups excluding carboxylic acids is 2. The third-order valence-electron chi connectivity index (χ3n) is 4.68. The topological polar surface area (TPSA) is 84.0 Å². The summed E-state index contributed by atoms with van der Waals surface area (Å²) >= 11 is 0.